The molecular formula is C26H22N6O3. The second-order valence-electron chi connectivity index (χ2n) is 8.35. The highest BCUT2D eigenvalue weighted by Crippen LogP contribution is 2.25. The van der Waals surface area contributed by atoms with Crippen molar-refractivity contribution in [3.05, 3.63) is 100 Å². The Morgan fingerprint density at radius 3 is 2.43 bits per heavy atom. The molecule has 174 valence electrons. The van der Waals surface area contributed by atoms with Crippen molar-refractivity contribution in [2.24, 2.45) is 0 Å². The predicted molar refractivity (Wildman–Crippen MR) is 129 cm³/mol. The molecule has 0 spiro atoms. The van der Waals surface area contributed by atoms with Gasteiger partial charge in [0.25, 0.3) is 17.7 Å². The van der Waals surface area contributed by atoms with E-state index in [1.807, 2.05) is 43.3 Å². The van der Waals surface area contributed by atoms with Crippen LogP contribution in [-0.2, 0) is 6.42 Å². The third-order valence-electron chi connectivity index (χ3n) is 6.02. The van der Waals surface area contributed by atoms with Gasteiger partial charge in [0.2, 0.25) is 0 Å². The van der Waals surface area contributed by atoms with Gasteiger partial charge in [0.15, 0.2) is 5.82 Å². The van der Waals surface area contributed by atoms with E-state index < -0.39 is 0 Å². The summed E-state index contributed by atoms with van der Waals surface area (Å²) in [6, 6.07) is 19.7. The van der Waals surface area contributed by atoms with E-state index in [0.29, 0.717) is 23.5 Å². The number of carbonyl (C=O) groups excluding carboxylic acids is 3. The number of carbonyl (C=O) groups is 3. The number of amides is 3. The zero-order valence-electron chi connectivity index (χ0n) is 19.2. The first-order valence-electron chi connectivity index (χ1n) is 11.1. The highest BCUT2D eigenvalue weighted by atomic mass is 16.2. The van der Waals surface area contributed by atoms with Crippen LogP contribution in [0, 0.1) is 13.8 Å². The lowest BCUT2D eigenvalue weighted by atomic mass is 10.1. The van der Waals surface area contributed by atoms with Gasteiger partial charge in [-0.15, -0.1) is 5.10 Å². The Bertz CT molecular complexity index is 1460. The number of hydrogen-bond acceptors (Lipinski definition) is 6. The predicted octanol–water partition coefficient (Wildman–Crippen LogP) is 3.37. The van der Waals surface area contributed by atoms with Crippen LogP contribution in [0.15, 0.2) is 66.7 Å². The van der Waals surface area contributed by atoms with Gasteiger partial charge < -0.3 is 5.32 Å². The molecule has 3 amide bonds. The standard InChI is InChI=1S/C26H22N6O3/c1-16-8-10-20(15-23(16)32-17(2)28-29-30-32)27-24(33)19-9-11-21-22(14-19)26(35)31(25(21)34)13-12-18-6-4-3-5-7-18/h3-11,14-15H,12-13H2,1-2H3,(H,27,33). The Morgan fingerprint density at radius 2 is 1.69 bits per heavy atom. The molecule has 3 aromatic carbocycles. The Labute approximate surface area is 201 Å². The number of anilines is 1. The van der Waals surface area contributed by atoms with Crippen molar-refractivity contribution in [1.82, 2.24) is 25.1 Å². The molecule has 0 atom stereocenters. The number of tetrazole rings is 1. The number of aromatic nitrogens is 4. The first kappa shape index (κ1) is 22.1. The number of nitrogens with one attached hydrogen (secondary N) is 1. The van der Waals surface area contributed by atoms with Crippen LogP contribution in [0.1, 0.15) is 48.0 Å². The van der Waals surface area contributed by atoms with Crippen LogP contribution in [0.5, 0.6) is 0 Å². The Morgan fingerprint density at radius 1 is 0.914 bits per heavy atom. The van der Waals surface area contributed by atoms with E-state index in [1.54, 1.807) is 29.8 Å². The molecule has 0 saturated heterocycles. The van der Waals surface area contributed by atoms with Crippen molar-refractivity contribution in [2.45, 2.75) is 20.3 Å². The molecule has 9 heteroatoms. The van der Waals surface area contributed by atoms with Crippen molar-refractivity contribution in [1.29, 1.82) is 0 Å². The average molecular weight is 467 g/mol. The highest BCUT2D eigenvalue weighted by molar-refractivity contribution is 6.22. The van der Waals surface area contributed by atoms with Gasteiger partial charge in [0, 0.05) is 17.8 Å². The number of hydrogen-bond donors (Lipinski definition) is 1. The van der Waals surface area contributed by atoms with Crippen molar-refractivity contribution in [3.63, 3.8) is 0 Å². The summed E-state index contributed by atoms with van der Waals surface area (Å²) in [4.78, 5) is 40.0. The molecule has 0 aliphatic carbocycles. The van der Waals surface area contributed by atoms with Gasteiger partial charge in [-0.3, -0.25) is 19.3 Å². The lowest BCUT2D eigenvalue weighted by Gasteiger charge is -2.13. The SMILES string of the molecule is Cc1ccc(NC(=O)c2ccc3c(c2)C(=O)N(CCc2ccccc2)C3=O)cc1-n1nnnc1C. The van der Waals surface area contributed by atoms with Gasteiger partial charge in [0.05, 0.1) is 16.8 Å². The molecule has 1 aliphatic rings. The van der Waals surface area contributed by atoms with Gasteiger partial charge in [-0.2, -0.15) is 4.68 Å². The van der Waals surface area contributed by atoms with Crippen LogP contribution in [0.3, 0.4) is 0 Å². The van der Waals surface area contributed by atoms with Crippen molar-refractivity contribution < 1.29 is 14.4 Å². The normalized spacial score (nSPS) is 12.7. The number of rotatable bonds is 6. The van der Waals surface area contributed by atoms with E-state index >= 15 is 0 Å². The summed E-state index contributed by atoms with van der Waals surface area (Å²) >= 11 is 0. The summed E-state index contributed by atoms with van der Waals surface area (Å²) in [5.74, 6) is -0.496. The lowest BCUT2D eigenvalue weighted by Crippen LogP contribution is -2.31. The molecule has 0 saturated carbocycles. The zero-order chi connectivity index (χ0) is 24.5. The monoisotopic (exact) mass is 466 g/mol. The first-order chi connectivity index (χ1) is 16.9. The second-order valence-corrected chi connectivity index (χ2v) is 8.35. The molecule has 35 heavy (non-hydrogen) atoms. The summed E-state index contributed by atoms with van der Waals surface area (Å²) in [5.41, 5.74) is 4.12. The number of fused-ring (bicyclic) bond motifs is 1. The molecule has 1 N–H and O–H groups in total. The molecule has 0 unspecified atom stereocenters. The second kappa shape index (κ2) is 8.94. The van der Waals surface area contributed by atoms with Crippen LogP contribution < -0.4 is 5.32 Å². The summed E-state index contributed by atoms with van der Waals surface area (Å²) < 4.78 is 1.59. The van der Waals surface area contributed by atoms with E-state index in [0.717, 1.165) is 16.8 Å². The maximum absolute atomic E-state index is 13.0. The first-order valence-corrected chi connectivity index (χ1v) is 11.1. The van der Waals surface area contributed by atoms with Crippen LogP contribution in [0.4, 0.5) is 5.69 Å². The minimum Gasteiger partial charge on any atom is -0.322 e. The Kier molecular flexibility index (Phi) is 5.66. The molecule has 1 aromatic heterocycles. The zero-order valence-corrected chi connectivity index (χ0v) is 19.2. The molecule has 4 aromatic rings. The van der Waals surface area contributed by atoms with Gasteiger partial charge in [-0.1, -0.05) is 36.4 Å². The Balaban J connectivity index is 1.34. The average Bonchev–Trinajstić information content (AvgIpc) is 3.40. The van der Waals surface area contributed by atoms with E-state index in [2.05, 4.69) is 20.8 Å². The number of aryl methyl sites for hydroxylation is 2. The number of benzene rings is 3. The Hall–Kier alpha value is -4.66. The van der Waals surface area contributed by atoms with E-state index in [4.69, 9.17) is 0 Å². The fourth-order valence-electron chi connectivity index (χ4n) is 4.09. The summed E-state index contributed by atoms with van der Waals surface area (Å²) in [5, 5.41) is 14.4. The van der Waals surface area contributed by atoms with Crippen molar-refractivity contribution >= 4 is 23.4 Å². The third kappa shape index (κ3) is 4.19. The van der Waals surface area contributed by atoms with Gasteiger partial charge in [0.1, 0.15) is 0 Å². The highest BCUT2D eigenvalue weighted by Gasteiger charge is 2.35. The van der Waals surface area contributed by atoms with Gasteiger partial charge >= 0.3 is 0 Å². The fraction of sp³-hybridized carbons (Fsp3) is 0.154. The molecule has 0 bridgehead atoms. The van der Waals surface area contributed by atoms with Crippen molar-refractivity contribution in [3.8, 4) is 5.69 Å². The third-order valence-corrected chi connectivity index (χ3v) is 6.02. The van der Waals surface area contributed by atoms with Crippen LogP contribution >= 0.6 is 0 Å². The molecule has 0 fully saturated rings. The number of imide groups is 1. The lowest BCUT2D eigenvalue weighted by molar-refractivity contribution is 0.0656. The smallest absolute Gasteiger partial charge is 0.261 e. The van der Waals surface area contributed by atoms with Gasteiger partial charge in [-0.25, -0.2) is 0 Å². The molecule has 9 nitrogen and oxygen atoms in total. The molecule has 0 radical (unpaired) electrons. The van der Waals surface area contributed by atoms with Crippen molar-refractivity contribution in [2.75, 3.05) is 11.9 Å². The maximum atomic E-state index is 13.0. The van der Waals surface area contributed by atoms with E-state index in [1.165, 1.54) is 17.0 Å². The quantitative estimate of drug-likeness (QED) is 0.436. The molecule has 2 heterocycles. The van der Waals surface area contributed by atoms with Gasteiger partial charge in [-0.05, 0) is 72.2 Å². The van der Waals surface area contributed by atoms with E-state index in [-0.39, 0.29) is 35.4 Å². The minimum atomic E-state index is -0.390. The largest absolute Gasteiger partial charge is 0.322 e. The summed E-state index contributed by atoms with van der Waals surface area (Å²) in [6.07, 6.45) is 0.566. The number of nitrogens with zero attached hydrogens (tertiary/aromatic N) is 5. The maximum Gasteiger partial charge on any atom is 0.261 e. The van der Waals surface area contributed by atoms with Crippen LogP contribution in [-0.4, -0.2) is 49.4 Å². The molecular weight excluding hydrogens is 444 g/mol. The summed E-state index contributed by atoms with van der Waals surface area (Å²) in [6.45, 7) is 3.99. The topological polar surface area (TPSA) is 110 Å². The molecule has 5 rings (SSSR count). The summed E-state index contributed by atoms with van der Waals surface area (Å²) in [7, 11) is 0. The van der Waals surface area contributed by atoms with E-state index in [9.17, 15) is 14.4 Å². The minimum absolute atomic E-state index is 0.240. The molecule has 1 aliphatic heterocycles. The fourth-order valence-corrected chi connectivity index (χ4v) is 4.09. The van der Waals surface area contributed by atoms with Crippen LogP contribution in [0.2, 0.25) is 0 Å². The van der Waals surface area contributed by atoms with Crippen LogP contribution in [0.25, 0.3) is 5.69 Å².